The monoisotopic (exact) mass is 263 g/mol. The molecule has 2 rings (SSSR count). The van der Waals surface area contributed by atoms with Crippen molar-refractivity contribution in [2.45, 2.75) is 19.8 Å². The van der Waals surface area contributed by atoms with E-state index in [9.17, 15) is 10.1 Å². The average Bonchev–Trinajstić information content (AvgIpc) is 2.39. The molecule has 1 aromatic rings. The highest BCUT2D eigenvalue weighted by molar-refractivity contribution is 5.44. The van der Waals surface area contributed by atoms with Gasteiger partial charge in [-0.2, -0.15) is 0 Å². The van der Waals surface area contributed by atoms with Crippen LogP contribution in [0.5, 0.6) is 0 Å². The van der Waals surface area contributed by atoms with Gasteiger partial charge in [0.05, 0.1) is 18.1 Å². The molecule has 0 fully saturated rings. The molecule has 0 atom stereocenters. The summed E-state index contributed by atoms with van der Waals surface area (Å²) in [7, 11) is 0. The van der Waals surface area contributed by atoms with Gasteiger partial charge in [0.15, 0.2) is 0 Å². The Morgan fingerprint density at radius 2 is 2.37 bits per heavy atom. The SMILES string of the molecule is Cc1nc(NCCC2=CCOCC2)ccc1[N+](=O)[O-]. The van der Waals surface area contributed by atoms with Gasteiger partial charge in [-0.3, -0.25) is 10.1 Å². The van der Waals surface area contributed by atoms with Crippen LogP contribution in [0.4, 0.5) is 11.5 Å². The molecule has 6 nitrogen and oxygen atoms in total. The quantitative estimate of drug-likeness (QED) is 0.501. The molecule has 0 saturated carbocycles. The average molecular weight is 263 g/mol. The van der Waals surface area contributed by atoms with E-state index in [2.05, 4.69) is 16.4 Å². The normalized spacial score (nSPS) is 14.9. The molecule has 0 spiro atoms. The van der Waals surface area contributed by atoms with Crippen LogP contribution in [0.2, 0.25) is 0 Å². The van der Waals surface area contributed by atoms with Crippen LogP contribution < -0.4 is 5.32 Å². The van der Waals surface area contributed by atoms with Crippen LogP contribution in [0.1, 0.15) is 18.5 Å². The Morgan fingerprint density at radius 3 is 3.00 bits per heavy atom. The number of rotatable bonds is 5. The lowest BCUT2D eigenvalue weighted by Crippen LogP contribution is -2.10. The third-order valence-corrected chi connectivity index (χ3v) is 3.06. The summed E-state index contributed by atoms with van der Waals surface area (Å²) in [6.07, 6.45) is 4.04. The number of nitrogens with zero attached hydrogens (tertiary/aromatic N) is 2. The lowest BCUT2D eigenvalue weighted by Gasteiger charge is -2.14. The van der Waals surface area contributed by atoms with Gasteiger partial charge in [-0.05, 0) is 25.8 Å². The molecule has 102 valence electrons. The Balaban J connectivity index is 1.87. The molecule has 6 heteroatoms. The first-order valence-electron chi connectivity index (χ1n) is 6.28. The van der Waals surface area contributed by atoms with Crippen LogP contribution >= 0.6 is 0 Å². The van der Waals surface area contributed by atoms with E-state index in [-0.39, 0.29) is 5.69 Å². The second kappa shape index (κ2) is 6.29. The number of ether oxygens (including phenoxy) is 1. The maximum Gasteiger partial charge on any atom is 0.290 e. The first kappa shape index (κ1) is 13.5. The van der Waals surface area contributed by atoms with Crippen molar-refractivity contribution in [2.75, 3.05) is 25.1 Å². The van der Waals surface area contributed by atoms with Gasteiger partial charge >= 0.3 is 0 Å². The number of pyridine rings is 1. The number of nitro groups is 1. The van der Waals surface area contributed by atoms with E-state index in [1.165, 1.54) is 11.6 Å². The van der Waals surface area contributed by atoms with Crippen molar-refractivity contribution in [1.29, 1.82) is 0 Å². The summed E-state index contributed by atoms with van der Waals surface area (Å²) in [6, 6.07) is 3.13. The van der Waals surface area contributed by atoms with Gasteiger partial charge in [-0.25, -0.2) is 4.98 Å². The van der Waals surface area contributed by atoms with Gasteiger partial charge in [0.1, 0.15) is 11.5 Å². The summed E-state index contributed by atoms with van der Waals surface area (Å²) < 4.78 is 5.24. The summed E-state index contributed by atoms with van der Waals surface area (Å²) in [5, 5.41) is 13.9. The van der Waals surface area contributed by atoms with Gasteiger partial charge in [0.25, 0.3) is 5.69 Å². The van der Waals surface area contributed by atoms with Gasteiger partial charge in [-0.1, -0.05) is 11.6 Å². The second-order valence-electron chi connectivity index (χ2n) is 4.42. The Kier molecular flexibility index (Phi) is 4.46. The standard InChI is InChI=1S/C13H17N3O3/c1-10-12(16(17)18)2-3-13(15-10)14-7-4-11-5-8-19-9-6-11/h2-3,5H,4,6-9H2,1H3,(H,14,15). The summed E-state index contributed by atoms with van der Waals surface area (Å²) in [4.78, 5) is 14.4. The zero-order valence-electron chi connectivity index (χ0n) is 10.9. The molecule has 19 heavy (non-hydrogen) atoms. The fourth-order valence-electron chi connectivity index (χ4n) is 1.99. The molecule has 0 bridgehead atoms. The Bertz CT molecular complexity index is 500. The van der Waals surface area contributed by atoms with E-state index in [0.29, 0.717) is 18.1 Å². The predicted molar refractivity (Wildman–Crippen MR) is 72.3 cm³/mol. The van der Waals surface area contributed by atoms with Crippen LogP contribution in [0.3, 0.4) is 0 Å². The number of hydrogen-bond acceptors (Lipinski definition) is 5. The predicted octanol–water partition coefficient (Wildman–Crippen LogP) is 2.45. The van der Waals surface area contributed by atoms with Crippen LogP contribution in [-0.4, -0.2) is 29.7 Å². The zero-order valence-corrected chi connectivity index (χ0v) is 10.9. The fraction of sp³-hybridized carbons (Fsp3) is 0.462. The summed E-state index contributed by atoms with van der Waals surface area (Å²) >= 11 is 0. The number of anilines is 1. The highest BCUT2D eigenvalue weighted by Crippen LogP contribution is 2.18. The van der Waals surface area contributed by atoms with Gasteiger partial charge in [0.2, 0.25) is 0 Å². The third-order valence-electron chi connectivity index (χ3n) is 3.06. The summed E-state index contributed by atoms with van der Waals surface area (Å²) in [5.41, 5.74) is 1.87. The molecule has 1 aliphatic rings. The maximum atomic E-state index is 10.7. The molecular weight excluding hydrogens is 246 g/mol. The smallest absolute Gasteiger partial charge is 0.290 e. The molecule has 1 aliphatic heterocycles. The minimum Gasteiger partial charge on any atom is -0.377 e. The lowest BCUT2D eigenvalue weighted by atomic mass is 10.1. The number of aryl methyl sites for hydroxylation is 1. The Labute approximate surface area is 111 Å². The molecule has 1 N–H and O–H groups in total. The number of aromatic nitrogens is 1. The topological polar surface area (TPSA) is 77.3 Å². The van der Waals surface area contributed by atoms with E-state index >= 15 is 0 Å². The molecular formula is C13H17N3O3. The largest absolute Gasteiger partial charge is 0.377 e. The minimum absolute atomic E-state index is 0.0534. The first-order valence-corrected chi connectivity index (χ1v) is 6.28. The van der Waals surface area contributed by atoms with Crippen molar-refractivity contribution in [2.24, 2.45) is 0 Å². The minimum atomic E-state index is -0.418. The van der Waals surface area contributed by atoms with Crippen molar-refractivity contribution in [3.05, 3.63) is 39.6 Å². The van der Waals surface area contributed by atoms with Gasteiger partial charge < -0.3 is 10.1 Å². The molecule has 0 saturated heterocycles. The Hall–Kier alpha value is -1.95. The lowest BCUT2D eigenvalue weighted by molar-refractivity contribution is -0.385. The summed E-state index contributed by atoms with van der Waals surface area (Å²) in [5.74, 6) is 0.677. The first-order chi connectivity index (χ1) is 9.16. The zero-order chi connectivity index (χ0) is 13.7. The molecule has 2 heterocycles. The molecule has 0 unspecified atom stereocenters. The van der Waals surface area contributed by atoms with Gasteiger partial charge in [0, 0.05) is 12.6 Å². The number of hydrogen-bond donors (Lipinski definition) is 1. The van der Waals surface area contributed by atoms with Crippen molar-refractivity contribution < 1.29 is 9.66 Å². The fourth-order valence-corrected chi connectivity index (χ4v) is 1.99. The highest BCUT2D eigenvalue weighted by atomic mass is 16.6. The van der Waals surface area contributed by atoms with Crippen molar-refractivity contribution in [3.8, 4) is 0 Å². The maximum absolute atomic E-state index is 10.7. The molecule has 1 aromatic heterocycles. The van der Waals surface area contributed by atoms with E-state index < -0.39 is 4.92 Å². The Morgan fingerprint density at radius 1 is 1.53 bits per heavy atom. The van der Waals surface area contributed by atoms with Crippen LogP contribution in [0, 0.1) is 17.0 Å². The highest BCUT2D eigenvalue weighted by Gasteiger charge is 2.11. The summed E-state index contributed by atoms with van der Waals surface area (Å²) in [6.45, 7) is 3.91. The van der Waals surface area contributed by atoms with Crippen LogP contribution in [0.15, 0.2) is 23.8 Å². The molecule has 0 aliphatic carbocycles. The van der Waals surface area contributed by atoms with Crippen LogP contribution in [-0.2, 0) is 4.74 Å². The van der Waals surface area contributed by atoms with E-state index in [0.717, 1.165) is 26.0 Å². The second-order valence-corrected chi connectivity index (χ2v) is 4.42. The molecule has 0 radical (unpaired) electrons. The van der Waals surface area contributed by atoms with E-state index in [1.54, 1.807) is 13.0 Å². The van der Waals surface area contributed by atoms with Crippen molar-refractivity contribution in [3.63, 3.8) is 0 Å². The third kappa shape index (κ3) is 3.75. The van der Waals surface area contributed by atoms with Gasteiger partial charge in [-0.15, -0.1) is 0 Å². The van der Waals surface area contributed by atoms with E-state index in [1.807, 2.05) is 0 Å². The van der Waals surface area contributed by atoms with Crippen molar-refractivity contribution >= 4 is 11.5 Å². The molecule has 0 aromatic carbocycles. The molecule has 0 amide bonds. The van der Waals surface area contributed by atoms with Crippen LogP contribution in [0.25, 0.3) is 0 Å². The number of nitrogens with one attached hydrogen (secondary N) is 1. The van der Waals surface area contributed by atoms with Crippen molar-refractivity contribution in [1.82, 2.24) is 4.98 Å². The van der Waals surface area contributed by atoms with E-state index in [4.69, 9.17) is 4.74 Å².